The van der Waals surface area contributed by atoms with Gasteiger partial charge in [0.1, 0.15) is 0 Å². The SMILES string of the molecule is CCC1CCCCC1NC1CCN(CC)CC1. The second-order valence-corrected chi connectivity index (χ2v) is 5.93. The molecule has 2 atom stereocenters. The number of hydrogen-bond donors (Lipinski definition) is 1. The van der Waals surface area contributed by atoms with Gasteiger partial charge in [-0.3, -0.25) is 0 Å². The first kappa shape index (κ1) is 13.4. The molecule has 0 bridgehead atoms. The van der Waals surface area contributed by atoms with Crippen molar-refractivity contribution >= 4 is 0 Å². The van der Waals surface area contributed by atoms with Crippen molar-refractivity contribution in [2.24, 2.45) is 5.92 Å². The van der Waals surface area contributed by atoms with Gasteiger partial charge in [0.15, 0.2) is 0 Å². The summed E-state index contributed by atoms with van der Waals surface area (Å²) in [6.45, 7) is 8.48. The van der Waals surface area contributed by atoms with Gasteiger partial charge >= 0.3 is 0 Å². The third kappa shape index (κ3) is 3.69. The Morgan fingerprint density at radius 3 is 2.35 bits per heavy atom. The zero-order valence-corrected chi connectivity index (χ0v) is 11.8. The predicted octanol–water partition coefficient (Wildman–Crippen LogP) is 3.03. The maximum atomic E-state index is 3.98. The van der Waals surface area contributed by atoms with Crippen LogP contribution in [0.15, 0.2) is 0 Å². The Morgan fingerprint density at radius 1 is 1.00 bits per heavy atom. The lowest BCUT2D eigenvalue weighted by atomic mass is 9.82. The molecular weight excluding hydrogens is 208 g/mol. The fourth-order valence-electron chi connectivity index (χ4n) is 3.63. The van der Waals surface area contributed by atoms with Crippen molar-refractivity contribution in [2.75, 3.05) is 19.6 Å². The van der Waals surface area contributed by atoms with E-state index in [4.69, 9.17) is 0 Å². The maximum absolute atomic E-state index is 3.98. The standard InChI is InChI=1S/C15H30N2/c1-3-13-7-5-6-8-15(13)16-14-9-11-17(4-2)12-10-14/h13-16H,3-12H2,1-2H3. The van der Waals surface area contributed by atoms with E-state index >= 15 is 0 Å². The van der Waals surface area contributed by atoms with E-state index in [-0.39, 0.29) is 0 Å². The molecule has 0 amide bonds. The van der Waals surface area contributed by atoms with Crippen molar-refractivity contribution in [2.45, 2.75) is 70.9 Å². The zero-order chi connectivity index (χ0) is 12.1. The molecule has 2 heteroatoms. The fraction of sp³-hybridized carbons (Fsp3) is 1.00. The van der Waals surface area contributed by atoms with Crippen molar-refractivity contribution in [1.29, 1.82) is 0 Å². The van der Waals surface area contributed by atoms with Crippen LogP contribution in [0, 0.1) is 5.92 Å². The van der Waals surface area contributed by atoms with Gasteiger partial charge in [-0.25, -0.2) is 0 Å². The van der Waals surface area contributed by atoms with Crippen LogP contribution in [0.3, 0.4) is 0 Å². The van der Waals surface area contributed by atoms with Gasteiger partial charge < -0.3 is 10.2 Å². The van der Waals surface area contributed by atoms with Crippen LogP contribution in [0.25, 0.3) is 0 Å². The molecule has 1 aliphatic carbocycles. The second kappa shape index (κ2) is 6.75. The van der Waals surface area contributed by atoms with Gasteiger partial charge in [-0.15, -0.1) is 0 Å². The van der Waals surface area contributed by atoms with E-state index in [1.165, 1.54) is 64.6 Å². The van der Waals surface area contributed by atoms with Crippen LogP contribution in [0.1, 0.15) is 58.8 Å². The van der Waals surface area contributed by atoms with Crippen LogP contribution in [-0.4, -0.2) is 36.6 Å². The van der Waals surface area contributed by atoms with Crippen LogP contribution in [-0.2, 0) is 0 Å². The summed E-state index contributed by atoms with van der Waals surface area (Å²) in [4.78, 5) is 2.58. The van der Waals surface area contributed by atoms with Crippen molar-refractivity contribution < 1.29 is 0 Å². The number of nitrogens with one attached hydrogen (secondary N) is 1. The zero-order valence-electron chi connectivity index (χ0n) is 11.8. The monoisotopic (exact) mass is 238 g/mol. The first-order valence-electron chi connectivity index (χ1n) is 7.81. The molecule has 0 spiro atoms. The molecule has 0 aromatic rings. The first-order valence-corrected chi connectivity index (χ1v) is 7.81. The van der Waals surface area contributed by atoms with E-state index in [0.717, 1.165) is 18.0 Å². The van der Waals surface area contributed by atoms with Crippen LogP contribution in [0.5, 0.6) is 0 Å². The highest BCUT2D eigenvalue weighted by Gasteiger charge is 2.27. The molecule has 0 radical (unpaired) electrons. The molecule has 2 fully saturated rings. The molecule has 1 aliphatic heterocycles. The fourth-order valence-corrected chi connectivity index (χ4v) is 3.63. The summed E-state index contributed by atoms with van der Waals surface area (Å²) in [5.74, 6) is 0.952. The molecule has 2 nitrogen and oxygen atoms in total. The molecule has 2 unspecified atom stereocenters. The van der Waals surface area contributed by atoms with Gasteiger partial charge in [0.2, 0.25) is 0 Å². The summed E-state index contributed by atoms with van der Waals surface area (Å²) in [6.07, 6.45) is 9.88. The molecule has 100 valence electrons. The summed E-state index contributed by atoms with van der Waals surface area (Å²) >= 11 is 0. The van der Waals surface area contributed by atoms with Crippen molar-refractivity contribution in [3.05, 3.63) is 0 Å². The molecule has 1 saturated heterocycles. The Hall–Kier alpha value is -0.0800. The Balaban J connectivity index is 1.76. The molecule has 1 N–H and O–H groups in total. The number of nitrogens with zero attached hydrogens (tertiary/aromatic N) is 1. The summed E-state index contributed by atoms with van der Waals surface area (Å²) < 4.78 is 0. The summed E-state index contributed by atoms with van der Waals surface area (Å²) in [5, 5.41) is 3.98. The number of hydrogen-bond acceptors (Lipinski definition) is 2. The number of piperidine rings is 1. The van der Waals surface area contributed by atoms with E-state index in [9.17, 15) is 0 Å². The molecule has 2 aliphatic rings. The Bertz CT molecular complexity index is 209. The van der Waals surface area contributed by atoms with Gasteiger partial charge in [0.05, 0.1) is 0 Å². The number of likely N-dealkylation sites (tertiary alicyclic amines) is 1. The average molecular weight is 238 g/mol. The van der Waals surface area contributed by atoms with Gasteiger partial charge in [-0.2, -0.15) is 0 Å². The largest absolute Gasteiger partial charge is 0.311 e. The van der Waals surface area contributed by atoms with Crippen LogP contribution < -0.4 is 5.32 Å². The second-order valence-electron chi connectivity index (χ2n) is 5.93. The van der Waals surface area contributed by atoms with E-state index in [2.05, 4.69) is 24.1 Å². The normalized spacial score (nSPS) is 32.8. The highest BCUT2D eigenvalue weighted by atomic mass is 15.1. The van der Waals surface area contributed by atoms with E-state index in [0.29, 0.717) is 0 Å². The average Bonchev–Trinajstić information content (AvgIpc) is 2.40. The molecule has 1 saturated carbocycles. The van der Waals surface area contributed by atoms with Crippen LogP contribution >= 0.6 is 0 Å². The van der Waals surface area contributed by atoms with Gasteiger partial charge in [-0.1, -0.05) is 33.1 Å². The van der Waals surface area contributed by atoms with Crippen LogP contribution in [0.2, 0.25) is 0 Å². The molecule has 0 aromatic carbocycles. The molecule has 17 heavy (non-hydrogen) atoms. The smallest absolute Gasteiger partial charge is 0.00978 e. The minimum absolute atomic E-state index is 0.801. The van der Waals surface area contributed by atoms with E-state index in [1.807, 2.05) is 0 Å². The summed E-state index contributed by atoms with van der Waals surface area (Å²) in [6, 6.07) is 1.63. The predicted molar refractivity (Wildman–Crippen MR) is 74.3 cm³/mol. The lowest BCUT2D eigenvalue weighted by Gasteiger charge is -2.38. The van der Waals surface area contributed by atoms with E-state index < -0.39 is 0 Å². The minimum atomic E-state index is 0.801. The number of rotatable bonds is 4. The lowest BCUT2D eigenvalue weighted by molar-refractivity contribution is 0.170. The molecule has 0 aromatic heterocycles. The minimum Gasteiger partial charge on any atom is -0.311 e. The Labute approximate surface area is 107 Å². The third-order valence-corrected chi connectivity index (χ3v) is 4.92. The van der Waals surface area contributed by atoms with E-state index in [1.54, 1.807) is 0 Å². The summed E-state index contributed by atoms with van der Waals surface area (Å²) in [5.41, 5.74) is 0. The van der Waals surface area contributed by atoms with Gasteiger partial charge in [-0.05, 0) is 51.2 Å². The Morgan fingerprint density at radius 2 is 1.71 bits per heavy atom. The van der Waals surface area contributed by atoms with Crippen molar-refractivity contribution in [3.63, 3.8) is 0 Å². The summed E-state index contributed by atoms with van der Waals surface area (Å²) in [7, 11) is 0. The van der Waals surface area contributed by atoms with Crippen molar-refractivity contribution in [1.82, 2.24) is 10.2 Å². The first-order chi connectivity index (χ1) is 8.33. The maximum Gasteiger partial charge on any atom is 0.00978 e. The highest BCUT2D eigenvalue weighted by molar-refractivity contribution is 4.85. The lowest BCUT2D eigenvalue weighted by Crippen LogP contribution is -2.49. The quantitative estimate of drug-likeness (QED) is 0.810. The third-order valence-electron chi connectivity index (χ3n) is 4.92. The molecular formula is C15H30N2. The van der Waals surface area contributed by atoms with Gasteiger partial charge in [0.25, 0.3) is 0 Å². The molecule has 1 heterocycles. The van der Waals surface area contributed by atoms with Crippen LogP contribution in [0.4, 0.5) is 0 Å². The topological polar surface area (TPSA) is 15.3 Å². The highest BCUT2D eigenvalue weighted by Crippen LogP contribution is 2.28. The van der Waals surface area contributed by atoms with Gasteiger partial charge in [0, 0.05) is 12.1 Å². The van der Waals surface area contributed by atoms with Crippen molar-refractivity contribution in [3.8, 4) is 0 Å². The Kier molecular flexibility index (Phi) is 5.30. The molecule has 2 rings (SSSR count).